The van der Waals surface area contributed by atoms with Gasteiger partial charge in [-0.05, 0) is 26.3 Å². The summed E-state index contributed by atoms with van der Waals surface area (Å²) in [5.74, 6) is 0. The Hall–Kier alpha value is -0.340. The molecule has 1 saturated heterocycles. The van der Waals surface area contributed by atoms with Crippen LogP contribution in [-0.2, 0) is 0 Å². The second-order valence-corrected chi connectivity index (χ2v) is 3.46. The Labute approximate surface area is 69.1 Å². The molecule has 1 aliphatic heterocycles. The lowest BCUT2D eigenvalue weighted by Crippen LogP contribution is -2.36. The van der Waals surface area contributed by atoms with Gasteiger partial charge in [0.25, 0.3) is 0 Å². The summed E-state index contributed by atoms with van der Waals surface area (Å²) < 4.78 is 0. The van der Waals surface area contributed by atoms with Crippen molar-refractivity contribution in [2.24, 2.45) is 5.73 Å². The molecule has 2 heteroatoms. The molecule has 1 fully saturated rings. The number of hydrogen-bond acceptors (Lipinski definition) is 2. The van der Waals surface area contributed by atoms with E-state index in [1.54, 1.807) is 0 Å². The average molecular weight is 154 g/mol. The highest BCUT2D eigenvalue weighted by atomic mass is 15.2. The average Bonchev–Trinajstić information content (AvgIpc) is 2.34. The second kappa shape index (κ2) is 3.88. The van der Waals surface area contributed by atoms with Gasteiger partial charge in [-0.25, -0.2) is 0 Å². The smallest absolute Gasteiger partial charge is 0.0222 e. The van der Waals surface area contributed by atoms with Gasteiger partial charge < -0.3 is 5.73 Å². The molecule has 0 aromatic heterocycles. The molecule has 0 aliphatic carbocycles. The van der Waals surface area contributed by atoms with Crippen molar-refractivity contribution in [2.45, 2.75) is 25.8 Å². The van der Waals surface area contributed by atoms with Crippen LogP contribution in [0.25, 0.3) is 0 Å². The first kappa shape index (κ1) is 8.75. The van der Waals surface area contributed by atoms with Crippen LogP contribution in [0.3, 0.4) is 0 Å². The highest BCUT2D eigenvalue weighted by Gasteiger charge is 2.22. The van der Waals surface area contributed by atoms with Gasteiger partial charge in [0.1, 0.15) is 0 Å². The molecule has 1 atom stereocenters. The molecule has 0 aromatic rings. The Balaban J connectivity index is 2.37. The van der Waals surface area contributed by atoms with Crippen molar-refractivity contribution in [2.75, 3.05) is 19.6 Å². The number of rotatable bonds is 3. The van der Waals surface area contributed by atoms with E-state index in [0.717, 1.165) is 13.1 Å². The third kappa shape index (κ3) is 2.31. The van der Waals surface area contributed by atoms with E-state index in [1.807, 2.05) is 0 Å². The maximum Gasteiger partial charge on any atom is 0.0222 e. The molecule has 1 heterocycles. The minimum Gasteiger partial charge on any atom is -0.329 e. The monoisotopic (exact) mass is 154 g/mol. The molecule has 0 aromatic carbocycles. The van der Waals surface area contributed by atoms with Crippen LogP contribution in [0.2, 0.25) is 0 Å². The molecular weight excluding hydrogens is 136 g/mol. The maximum atomic E-state index is 5.63. The maximum absolute atomic E-state index is 5.63. The quantitative estimate of drug-likeness (QED) is 0.614. The molecule has 1 unspecified atom stereocenters. The van der Waals surface area contributed by atoms with Crippen LogP contribution >= 0.6 is 0 Å². The van der Waals surface area contributed by atoms with Crippen LogP contribution in [0.5, 0.6) is 0 Å². The van der Waals surface area contributed by atoms with Gasteiger partial charge >= 0.3 is 0 Å². The SMILES string of the molecule is C=C(C)CN1CCCC1CN. The van der Waals surface area contributed by atoms with Crippen molar-refractivity contribution < 1.29 is 0 Å². The summed E-state index contributed by atoms with van der Waals surface area (Å²) >= 11 is 0. The summed E-state index contributed by atoms with van der Waals surface area (Å²) in [6.45, 7) is 9.01. The van der Waals surface area contributed by atoms with E-state index in [0.29, 0.717) is 6.04 Å². The topological polar surface area (TPSA) is 29.3 Å². The van der Waals surface area contributed by atoms with Crippen molar-refractivity contribution in [1.29, 1.82) is 0 Å². The Morgan fingerprint density at radius 2 is 2.45 bits per heavy atom. The Kier molecular flexibility index (Phi) is 3.09. The van der Waals surface area contributed by atoms with Crippen molar-refractivity contribution >= 4 is 0 Å². The van der Waals surface area contributed by atoms with E-state index in [-0.39, 0.29) is 0 Å². The van der Waals surface area contributed by atoms with Gasteiger partial charge in [0.2, 0.25) is 0 Å². The van der Waals surface area contributed by atoms with Crippen molar-refractivity contribution in [1.82, 2.24) is 4.90 Å². The van der Waals surface area contributed by atoms with Crippen molar-refractivity contribution in [3.8, 4) is 0 Å². The van der Waals surface area contributed by atoms with Gasteiger partial charge in [-0.1, -0.05) is 12.2 Å². The molecule has 2 nitrogen and oxygen atoms in total. The predicted octanol–water partition coefficient (Wildman–Crippen LogP) is 0.986. The minimum absolute atomic E-state index is 0.617. The van der Waals surface area contributed by atoms with Crippen LogP contribution in [0.15, 0.2) is 12.2 Å². The first-order valence-corrected chi connectivity index (χ1v) is 4.32. The molecule has 11 heavy (non-hydrogen) atoms. The van der Waals surface area contributed by atoms with Gasteiger partial charge in [0, 0.05) is 19.1 Å². The molecule has 2 N–H and O–H groups in total. The molecule has 64 valence electrons. The fraction of sp³-hybridized carbons (Fsp3) is 0.778. The van der Waals surface area contributed by atoms with Crippen LogP contribution in [0, 0.1) is 0 Å². The largest absolute Gasteiger partial charge is 0.329 e. The normalized spacial score (nSPS) is 25.8. The predicted molar refractivity (Wildman–Crippen MR) is 48.5 cm³/mol. The number of likely N-dealkylation sites (tertiary alicyclic amines) is 1. The van der Waals surface area contributed by atoms with E-state index < -0.39 is 0 Å². The second-order valence-electron chi connectivity index (χ2n) is 3.46. The molecule has 0 bridgehead atoms. The van der Waals surface area contributed by atoms with Crippen molar-refractivity contribution in [3.63, 3.8) is 0 Å². The zero-order valence-corrected chi connectivity index (χ0v) is 7.34. The van der Waals surface area contributed by atoms with E-state index in [2.05, 4.69) is 18.4 Å². The first-order chi connectivity index (χ1) is 5.24. The van der Waals surface area contributed by atoms with Gasteiger partial charge in [-0.15, -0.1) is 0 Å². The third-order valence-corrected chi connectivity index (χ3v) is 2.24. The van der Waals surface area contributed by atoms with Crippen LogP contribution in [-0.4, -0.2) is 30.6 Å². The summed E-state index contributed by atoms with van der Waals surface area (Å²) in [6, 6.07) is 0.617. The summed E-state index contributed by atoms with van der Waals surface area (Å²) in [7, 11) is 0. The van der Waals surface area contributed by atoms with Crippen LogP contribution < -0.4 is 5.73 Å². The van der Waals surface area contributed by atoms with E-state index in [4.69, 9.17) is 5.73 Å². The summed E-state index contributed by atoms with van der Waals surface area (Å²) in [5, 5.41) is 0. The van der Waals surface area contributed by atoms with E-state index in [1.165, 1.54) is 25.0 Å². The Morgan fingerprint density at radius 1 is 1.73 bits per heavy atom. The number of hydrogen-bond donors (Lipinski definition) is 1. The highest BCUT2D eigenvalue weighted by Crippen LogP contribution is 2.16. The van der Waals surface area contributed by atoms with E-state index in [9.17, 15) is 0 Å². The molecule has 1 rings (SSSR count). The lowest BCUT2D eigenvalue weighted by atomic mass is 10.2. The number of nitrogens with two attached hydrogens (primary N) is 1. The van der Waals surface area contributed by atoms with Crippen molar-refractivity contribution in [3.05, 3.63) is 12.2 Å². The van der Waals surface area contributed by atoms with Gasteiger partial charge in [-0.2, -0.15) is 0 Å². The highest BCUT2D eigenvalue weighted by molar-refractivity contribution is 4.95. The number of nitrogens with zero attached hydrogens (tertiary/aromatic N) is 1. The fourth-order valence-electron chi connectivity index (χ4n) is 1.72. The van der Waals surface area contributed by atoms with E-state index >= 15 is 0 Å². The molecular formula is C9H18N2. The molecule has 0 amide bonds. The first-order valence-electron chi connectivity index (χ1n) is 4.32. The van der Waals surface area contributed by atoms with Crippen LogP contribution in [0.1, 0.15) is 19.8 Å². The summed E-state index contributed by atoms with van der Waals surface area (Å²) in [5.41, 5.74) is 6.87. The zero-order chi connectivity index (χ0) is 8.27. The molecule has 0 spiro atoms. The van der Waals surface area contributed by atoms with Gasteiger partial charge in [-0.3, -0.25) is 4.90 Å². The lowest BCUT2D eigenvalue weighted by molar-refractivity contribution is 0.280. The standard InChI is InChI=1S/C9H18N2/c1-8(2)7-11-5-3-4-9(11)6-10/h9H,1,3-7,10H2,2H3. The Morgan fingerprint density at radius 3 is 3.00 bits per heavy atom. The van der Waals surface area contributed by atoms with Crippen LogP contribution in [0.4, 0.5) is 0 Å². The summed E-state index contributed by atoms with van der Waals surface area (Å²) in [4.78, 5) is 2.43. The molecule has 0 saturated carbocycles. The summed E-state index contributed by atoms with van der Waals surface area (Å²) in [6.07, 6.45) is 2.57. The van der Waals surface area contributed by atoms with Gasteiger partial charge in [0.05, 0.1) is 0 Å². The zero-order valence-electron chi connectivity index (χ0n) is 7.34. The Bertz CT molecular complexity index is 142. The molecule has 0 radical (unpaired) electrons. The third-order valence-electron chi connectivity index (χ3n) is 2.24. The molecule has 1 aliphatic rings. The fourth-order valence-corrected chi connectivity index (χ4v) is 1.72. The minimum atomic E-state index is 0.617. The lowest BCUT2D eigenvalue weighted by Gasteiger charge is -2.22. The van der Waals surface area contributed by atoms with Gasteiger partial charge in [0.15, 0.2) is 0 Å².